The summed E-state index contributed by atoms with van der Waals surface area (Å²) in [6.07, 6.45) is 4.07. The van der Waals surface area contributed by atoms with Crippen molar-refractivity contribution in [1.29, 1.82) is 0 Å². The fraction of sp³-hybridized carbons (Fsp3) is 0.625. The Kier molecular flexibility index (Phi) is 4.13. The lowest BCUT2D eigenvalue weighted by atomic mass is 9.85. The highest BCUT2D eigenvalue weighted by Gasteiger charge is 2.30. The monoisotopic (exact) mass is 322 g/mol. The van der Waals surface area contributed by atoms with Gasteiger partial charge in [0.2, 0.25) is 0 Å². The van der Waals surface area contributed by atoms with Gasteiger partial charge >= 0.3 is 0 Å². The maximum Gasteiger partial charge on any atom is 0.0403 e. The van der Waals surface area contributed by atoms with Crippen molar-refractivity contribution in [2.45, 2.75) is 32.1 Å². The van der Waals surface area contributed by atoms with Gasteiger partial charge in [-0.15, -0.1) is 0 Å². The van der Waals surface area contributed by atoms with E-state index >= 15 is 0 Å². The fourth-order valence-electron chi connectivity index (χ4n) is 3.62. The predicted octanol–water partition coefficient (Wildman–Crippen LogP) is 3.76. The zero-order valence-electron chi connectivity index (χ0n) is 11.7. The van der Waals surface area contributed by atoms with Crippen LogP contribution in [0.5, 0.6) is 0 Å². The average molecular weight is 323 g/mol. The van der Waals surface area contributed by atoms with Crippen LogP contribution in [0.4, 0.5) is 5.69 Å². The van der Waals surface area contributed by atoms with E-state index in [0.717, 1.165) is 18.4 Å². The molecule has 1 atom stereocenters. The number of fused-ring (bicyclic) bond motifs is 1. The van der Waals surface area contributed by atoms with E-state index in [2.05, 4.69) is 51.3 Å². The molecule has 1 fully saturated rings. The standard InChI is InChI=1S/C16H23BrN2/c1-2-19-11-13(9-12-5-7-18-8-6-12)15-10-14(17)3-4-16(15)19/h3-4,10,12-13,18H,2,5-9,11H2,1H3. The number of benzene rings is 1. The molecular formula is C16H23BrN2. The second kappa shape index (κ2) is 5.84. The van der Waals surface area contributed by atoms with E-state index in [9.17, 15) is 0 Å². The molecule has 2 heterocycles. The van der Waals surface area contributed by atoms with Gasteiger partial charge in [0.15, 0.2) is 0 Å². The number of piperidine rings is 1. The number of hydrogen-bond donors (Lipinski definition) is 1. The van der Waals surface area contributed by atoms with Crippen LogP contribution in [-0.4, -0.2) is 26.2 Å². The molecule has 1 unspecified atom stereocenters. The largest absolute Gasteiger partial charge is 0.371 e. The van der Waals surface area contributed by atoms with E-state index in [4.69, 9.17) is 0 Å². The van der Waals surface area contributed by atoms with Crippen molar-refractivity contribution in [3.8, 4) is 0 Å². The number of halogens is 1. The molecule has 0 amide bonds. The topological polar surface area (TPSA) is 15.3 Å². The molecule has 1 aromatic carbocycles. The first-order chi connectivity index (χ1) is 9.28. The average Bonchev–Trinajstić information content (AvgIpc) is 2.77. The van der Waals surface area contributed by atoms with Gasteiger partial charge in [-0.05, 0) is 69.0 Å². The quantitative estimate of drug-likeness (QED) is 0.911. The van der Waals surface area contributed by atoms with Gasteiger partial charge in [0.05, 0.1) is 0 Å². The third-order valence-corrected chi connectivity index (χ3v) is 5.16. The molecule has 0 radical (unpaired) electrons. The van der Waals surface area contributed by atoms with Crippen LogP contribution in [0.2, 0.25) is 0 Å². The van der Waals surface area contributed by atoms with Gasteiger partial charge in [-0.2, -0.15) is 0 Å². The van der Waals surface area contributed by atoms with E-state index in [0.29, 0.717) is 0 Å². The second-order valence-electron chi connectivity index (χ2n) is 5.87. The van der Waals surface area contributed by atoms with Crippen molar-refractivity contribution in [3.63, 3.8) is 0 Å². The van der Waals surface area contributed by atoms with Crippen LogP contribution in [0.15, 0.2) is 22.7 Å². The fourth-order valence-corrected chi connectivity index (χ4v) is 4.00. The summed E-state index contributed by atoms with van der Waals surface area (Å²) in [4.78, 5) is 2.54. The minimum atomic E-state index is 0.732. The lowest BCUT2D eigenvalue weighted by Crippen LogP contribution is -2.29. The minimum absolute atomic E-state index is 0.732. The van der Waals surface area contributed by atoms with E-state index in [1.807, 2.05) is 0 Å². The summed E-state index contributed by atoms with van der Waals surface area (Å²) in [7, 11) is 0. The van der Waals surface area contributed by atoms with Crippen LogP contribution in [0.25, 0.3) is 0 Å². The first-order valence-corrected chi connectivity index (χ1v) is 8.32. The van der Waals surface area contributed by atoms with Crippen molar-refractivity contribution in [3.05, 3.63) is 28.2 Å². The molecule has 104 valence electrons. The maximum absolute atomic E-state index is 3.63. The van der Waals surface area contributed by atoms with Crippen LogP contribution in [0, 0.1) is 5.92 Å². The van der Waals surface area contributed by atoms with Gasteiger partial charge in [0.25, 0.3) is 0 Å². The second-order valence-corrected chi connectivity index (χ2v) is 6.78. The highest BCUT2D eigenvalue weighted by Crippen LogP contribution is 2.41. The maximum atomic E-state index is 3.63. The van der Waals surface area contributed by atoms with Gasteiger partial charge in [-0.25, -0.2) is 0 Å². The van der Waals surface area contributed by atoms with E-state index < -0.39 is 0 Å². The smallest absolute Gasteiger partial charge is 0.0403 e. The molecule has 3 rings (SSSR count). The Morgan fingerprint density at radius 2 is 2.11 bits per heavy atom. The summed E-state index contributed by atoms with van der Waals surface area (Å²) in [6.45, 7) is 7.02. The van der Waals surface area contributed by atoms with Gasteiger partial charge < -0.3 is 10.2 Å². The molecule has 2 nitrogen and oxygen atoms in total. The highest BCUT2D eigenvalue weighted by molar-refractivity contribution is 9.10. The number of anilines is 1. The molecule has 3 heteroatoms. The molecule has 0 aliphatic carbocycles. The number of hydrogen-bond acceptors (Lipinski definition) is 2. The molecular weight excluding hydrogens is 300 g/mol. The Labute approximate surface area is 124 Å². The number of rotatable bonds is 3. The zero-order chi connectivity index (χ0) is 13.2. The van der Waals surface area contributed by atoms with E-state index in [1.54, 1.807) is 5.56 Å². The number of nitrogens with zero attached hydrogens (tertiary/aromatic N) is 1. The summed E-state index contributed by atoms with van der Waals surface area (Å²) in [5.41, 5.74) is 3.03. The lowest BCUT2D eigenvalue weighted by Gasteiger charge is -2.25. The minimum Gasteiger partial charge on any atom is -0.371 e. The van der Waals surface area contributed by atoms with Crippen LogP contribution in [-0.2, 0) is 0 Å². The summed E-state index contributed by atoms with van der Waals surface area (Å²) < 4.78 is 1.22. The Morgan fingerprint density at radius 1 is 1.32 bits per heavy atom. The molecule has 0 spiro atoms. The van der Waals surface area contributed by atoms with Crippen LogP contribution < -0.4 is 10.2 Å². The summed E-state index contributed by atoms with van der Waals surface area (Å²) >= 11 is 3.63. The van der Waals surface area contributed by atoms with Gasteiger partial charge in [-0.1, -0.05) is 15.9 Å². The summed E-state index contributed by atoms with van der Waals surface area (Å²) in [6, 6.07) is 6.80. The number of nitrogens with one attached hydrogen (secondary N) is 1. The van der Waals surface area contributed by atoms with Crippen LogP contribution in [0.3, 0.4) is 0 Å². The van der Waals surface area contributed by atoms with Crippen molar-refractivity contribution >= 4 is 21.6 Å². The summed E-state index contributed by atoms with van der Waals surface area (Å²) in [5, 5.41) is 3.47. The first kappa shape index (κ1) is 13.4. The predicted molar refractivity (Wildman–Crippen MR) is 85.0 cm³/mol. The number of likely N-dealkylation sites (N-methyl/N-ethyl adjacent to an activating group) is 1. The molecule has 0 saturated carbocycles. The Hall–Kier alpha value is -0.540. The molecule has 1 saturated heterocycles. The first-order valence-electron chi connectivity index (χ1n) is 7.53. The molecule has 2 aliphatic rings. The van der Waals surface area contributed by atoms with Gasteiger partial charge in [-0.3, -0.25) is 0 Å². The molecule has 1 N–H and O–H groups in total. The Bertz CT molecular complexity index is 440. The van der Waals surface area contributed by atoms with Gasteiger partial charge in [0, 0.05) is 29.2 Å². The molecule has 19 heavy (non-hydrogen) atoms. The lowest BCUT2D eigenvalue weighted by molar-refractivity contribution is 0.334. The zero-order valence-corrected chi connectivity index (χ0v) is 13.2. The van der Waals surface area contributed by atoms with E-state index in [-0.39, 0.29) is 0 Å². The SMILES string of the molecule is CCN1CC(CC2CCNCC2)c2cc(Br)ccc21. The van der Waals surface area contributed by atoms with Crippen molar-refractivity contribution < 1.29 is 0 Å². The third kappa shape index (κ3) is 2.82. The van der Waals surface area contributed by atoms with Gasteiger partial charge in [0.1, 0.15) is 0 Å². The van der Waals surface area contributed by atoms with E-state index in [1.165, 1.54) is 49.1 Å². The highest BCUT2D eigenvalue weighted by atomic mass is 79.9. The summed E-state index contributed by atoms with van der Waals surface area (Å²) in [5.74, 6) is 1.64. The normalized spacial score (nSPS) is 23.7. The molecule has 0 aromatic heterocycles. The Morgan fingerprint density at radius 3 is 2.84 bits per heavy atom. The van der Waals surface area contributed by atoms with Crippen molar-refractivity contribution in [2.75, 3.05) is 31.1 Å². The van der Waals surface area contributed by atoms with Crippen molar-refractivity contribution in [1.82, 2.24) is 5.32 Å². The molecule has 0 bridgehead atoms. The van der Waals surface area contributed by atoms with Crippen LogP contribution >= 0.6 is 15.9 Å². The van der Waals surface area contributed by atoms with Crippen molar-refractivity contribution in [2.24, 2.45) is 5.92 Å². The van der Waals surface area contributed by atoms with Crippen LogP contribution in [0.1, 0.15) is 37.7 Å². The Balaban J connectivity index is 1.78. The molecule has 1 aromatic rings. The third-order valence-electron chi connectivity index (χ3n) is 4.67. The molecule has 2 aliphatic heterocycles.